The Bertz CT molecular complexity index is 5490. The number of halogens is 6. The maximum atomic E-state index is 15.0. The number of hydrogen-bond donors (Lipinski definition) is 0. The molecule has 13 rings (SSSR count). The number of hydrogen-bond acceptors (Lipinski definition) is 9. The number of aromatic nitrogens is 2. The summed E-state index contributed by atoms with van der Waals surface area (Å²) in [4.78, 5) is 0. The molecule has 0 fully saturated rings. The number of nitrogens with zero attached hydrogens (tertiary/aromatic N) is 11. The van der Waals surface area contributed by atoms with E-state index >= 15 is 0 Å². The summed E-state index contributed by atoms with van der Waals surface area (Å²) in [5.74, 6) is 0. The van der Waals surface area contributed by atoms with Crippen molar-refractivity contribution >= 4 is 43.6 Å². The van der Waals surface area contributed by atoms with Gasteiger partial charge >= 0.3 is 12.4 Å². The fraction of sp³-hybridized carbons (Fsp3) is 0.0260. The molecule has 11 aromatic carbocycles. The molecule has 0 N–H and O–H groups in total. The van der Waals surface area contributed by atoms with Gasteiger partial charge in [-0.3, -0.25) is 0 Å². The first-order chi connectivity index (χ1) is 45.3. The number of nitriles is 9. The highest BCUT2D eigenvalue weighted by Crippen LogP contribution is 2.47. The van der Waals surface area contributed by atoms with Crippen molar-refractivity contribution in [1.82, 2.24) is 9.13 Å². The van der Waals surface area contributed by atoms with Crippen LogP contribution in [0.2, 0.25) is 0 Å². The molecule has 0 spiro atoms. The highest BCUT2D eigenvalue weighted by atomic mass is 19.4. The molecule has 94 heavy (non-hydrogen) atoms. The summed E-state index contributed by atoms with van der Waals surface area (Å²) in [6.45, 7) is 0. The number of benzene rings is 11. The zero-order chi connectivity index (χ0) is 65.9. The van der Waals surface area contributed by atoms with Gasteiger partial charge in [-0.05, 0) is 231 Å². The fourth-order valence-electron chi connectivity index (χ4n) is 12.3. The average Bonchev–Trinajstić information content (AvgIpc) is 1.56. The van der Waals surface area contributed by atoms with Crippen molar-refractivity contribution in [2.45, 2.75) is 12.4 Å². The van der Waals surface area contributed by atoms with Crippen LogP contribution in [0.1, 0.15) is 61.2 Å². The van der Waals surface area contributed by atoms with E-state index < -0.39 is 29.0 Å². The molecule has 13 aromatic rings. The smallest absolute Gasteiger partial charge is 0.309 e. The largest absolute Gasteiger partial charge is 0.416 e. The quantitative estimate of drug-likeness (QED) is 0.132. The van der Waals surface area contributed by atoms with Gasteiger partial charge in [0.15, 0.2) is 0 Å². The predicted molar refractivity (Wildman–Crippen MR) is 340 cm³/mol. The van der Waals surface area contributed by atoms with Crippen molar-refractivity contribution in [3.8, 4) is 133 Å². The van der Waals surface area contributed by atoms with Gasteiger partial charge < -0.3 is 9.13 Å². The van der Waals surface area contributed by atoms with Crippen LogP contribution in [0.5, 0.6) is 0 Å². The Labute approximate surface area is 530 Å². The molecule has 0 saturated heterocycles. The van der Waals surface area contributed by atoms with Gasteiger partial charge in [0.05, 0.1) is 144 Å². The minimum absolute atomic E-state index is 0.0469. The van der Waals surface area contributed by atoms with Crippen molar-refractivity contribution in [3.63, 3.8) is 0 Å². The lowest BCUT2D eigenvalue weighted by Crippen LogP contribution is -2.11. The van der Waals surface area contributed by atoms with Crippen LogP contribution in [0.4, 0.5) is 26.3 Å². The lowest BCUT2D eigenvalue weighted by atomic mass is 9.90. The average molecular weight is 1230 g/mol. The third-order valence-corrected chi connectivity index (χ3v) is 16.4. The van der Waals surface area contributed by atoms with Crippen LogP contribution in [0.3, 0.4) is 0 Å². The molecule has 0 aliphatic rings. The molecule has 2 aromatic heterocycles. The summed E-state index contributed by atoms with van der Waals surface area (Å²) >= 11 is 0. The van der Waals surface area contributed by atoms with Crippen molar-refractivity contribution < 1.29 is 26.3 Å². The van der Waals surface area contributed by atoms with E-state index in [9.17, 15) is 73.7 Å². The molecule has 17 heteroatoms. The maximum Gasteiger partial charge on any atom is 0.416 e. The van der Waals surface area contributed by atoms with Crippen LogP contribution in [0.15, 0.2) is 200 Å². The standard InChI is InChI=1S/C77H33F6N11/c78-76(79,80)61-26-60(27-62(32-61)77(81,82)83)64-7-6-63(93-71-9-2-52(56-17-44(35-85)13-45(18-56)36-86)28-67(71)68-29-53(3-10-72(68)93)57-19-46(37-87)14-47(20-57)38-88)33-65(64)66-25-43(34-84)1-8-73(66)94-74-11-4-54(58-21-48(39-89)15-49(22-58)40-90)30-69(74)70-31-55(5-12-75(70)94)59-23-50(41-91)16-51(24-59)42-92/h1-33H. The fourth-order valence-corrected chi connectivity index (χ4v) is 12.3. The summed E-state index contributed by atoms with van der Waals surface area (Å²) in [5.41, 5.74) is 5.62. The SMILES string of the molecule is N#Cc1cc(C#N)cc(-c2ccc3c(c2)c2cc(-c4cc(C#N)cc(C#N)c4)ccc2n3-c2ccc(-c3cc(C(F)(F)F)cc(C(F)(F)F)c3)c(-c3cc(C#N)ccc3-n3c4ccc(-c5cc(C#N)cc(C#N)c5)cc4c4cc(-c5cc(C#N)cc(C#N)c5)ccc43)c2)c1. The van der Waals surface area contributed by atoms with Crippen molar-refractivity contribution in [3.05, 3.63) is 261 Å². The number of alkyl halides is 6. The topological polar surface area (TPSA) is 224 Å². The lowest BCUT2D eigenvalue weighted by Gasteiger charge is -2.21. The van der Waals surface area contributed by atoms with E-state index in [1.807, 2.05) is 33.4 Å². The van der Waals surface area contributed by atoms with Gasteiger partial charge in [0.1, 0.15) is 0 Å². The molecule has 0 saturated carbocycles. The van der Waals surface area contributed by atoms with Crippen molar-refractivity contribution in [1.29, 1.82) is 47.4 Å². The third-order valence-electron chi connectivity index (χ3n) is 16.4. The normalized spacial score (nSPS) is 11.2. The Hall–Kier alpha value is -14.0. The second kappa shape index (κ2) is 22.9. The van der Waals surface area contributed by atoms with Crippen LogP contribution in [-0.2, 0) is 12.4 Å². The molecule has 11 nitrogen and oxygen atoms in total. The van der Waals surface area contributed by atoms with E-state index in [0.29, 0.717) is 112 Å². The molecule has 0 aliphatic carbocycles. The highest BCUT2D eigenvalue weighted by Gasteiger charge is 2.37. The van der Waals surface area contributed by atoms with E-state index in [1.165, 1.54) is 42.5 Å². The van der Waals surface area contributed by atoms with Crippen LogP contribution >= 0.6 is 0 Å². The molecule has 0 atom stereocenters. The molecular formula is C77H33F6N11. The first-order valence-electron chi connectivity index (χ1n) is 28.3. The second-order valence-corrected chi connectivity index (χ2v) is 22.1. The molecule has 0 amide bonds. The Balaban J connectivity index is 1.13. The van der Waals surface area contributed by atoms with E-state index in [4.69, 9.17) is 0 Å². The summed E-state index contributed by atoms with van der Waals surface area (Å²) in [5, 5.41) is 93.0. The predicted octanol–water partition coefficient (Wildman–Crippen LogP) is 18.8. The van der Waals surface area contributed by atoms with Crippen LogP contribution in [-0.4, -0.2) is 9.13 Å². The Morgan fingerprint density at radius 2 is 0.553 bits per heavy atom. The zero-order valence-corrected chi connectivity index (χ0v) is 48.2. The van der Waals surface area contributed by atoms with Gasteiger partial charge in [-0.15, -0.1) is 0 Å². The van der Waals surface area contributed by atoms with Crippen LogP contribution in [0, 0.1) is 102 Å². The van der Waals surface area contributed by atoms with Gasteiger partial charge in [-0.1, -0.05) is 30.3 Å². The molecule has 438 valence electrons. The van der Waals surface area contributed by atoms with Gasteiger partial charge in [-0.2, -0.15) is 73.7 Å². The van der Waals surface area contributed by atoms with Crippen molar-refractivity contribution in [2.75, 3.05) is 0 Å². The third kappa shape index (κ3) is 10.5. The monoisotopic (exact) mass is 1230 g/mol. The first kappa shape index (κ1) is 59.0. The summed E-state index contributed by atoms with van der Waals surface area (Å²) in [6, 6.07) is 70.2. The molecule has 2 heterocycles. The van der Waals surface area contributed by atoms with Crippen LogP contribution in [0.25, 0.3) is 122 Å². The van der Waals surface area contributed by atoms with Gasteiger partial charge in [0.25, 0.3) is 0 Å². The summed E-state index contributed by atoms with van der Waals surface area (Å²) < 4.78 is 93.7. The Morgan fingerprint density at radius 1 is 0.234 bits per heavy atom. The summed E-state index contributed by atoms with van der Waals surface area (Å²) in [7, 11) is 0. The van der Waals surface area contributed by atoms with Crippen LogP contribution < -0.4 is 0 Å². The number of fused-ring (bicyclic) bond motifs is 6. The van der Waals surface area contributed by atoms with E-state index in [-0.39, 0.29) is 72.8 Å². The summed E-state index contributed by atoms with van der Waals surface area (Å²) in [6.07, 6.45) is -10.5. The van der Waals surface area contributed by atoms with E-state index in [2.05, 4.69) is 54.6 Å². The Morgan fingerprint density at radius 3 is 0.862 bits per heavy atom. The van der Waals surface area contributed by atoms with Gasteiger partial charge in [0.2, 0.25) is 0 Å². The van der Waals surface area contributed by atoms with E-state index in [0.717, 1.165) is 0 Å². The zero-order valence-electron chi connectivity index (χ0n) is 48.2. The minimum Gasteiger partial charge on any atom is -0.309 e. The maximum absolute atomic E-state index is 15.0. The number of rotatable bonds is 8. The molecular weight excluding hydrogens is 1190 g/mol. The highest BCUT2D eigenvalue weighted by molar-refractivity contribution is 6.14. The van der Waals surface area contributed by atoms with Gasteiger partial charge in [-0.25, -0.2) is 0 Å². The van der Waals surface area contributed by atoms with Crippen molar-refractivity contribution in [2.24, 2.45) is 0 Å². The second-order valence-electron chi connectivity index (χ2n) is 22.1. The minimum atomic E-state index is -5.25. The van der Waals surface area contributed by atoms with Gasteiger partial charge in [0, 0.05) is 32.8 Å². The van der Waals surface area contributed by atoms with E-state index in [1.54, 1.807) is 115 Å². The molecule has 0 unspecified atom stereocenters. The Kier molecular flexibility index (Phi) is 14.4. The molecule has 0 aliphatic heterocycles. The first-order valence-corrected chi connectivity index (χ1v) is 28.3. The molecule has 0 radical (unpaired) electrons. The molecule has 0 bridgehead atoms. The lowest BCUT2D eigenvalue weighted by molar-refractivity contribution is -0.143.